The topological polar surface area (TPSA) is 84.7 Å². The van der Waals surface area contributed by atoms with Crippen molar-refractivity contribution in [1.29, 1.82) is 0 Å². The third kappa shape index (κ3) is 2.71. The minimum Gasteiger partial charge on any atom is -0.373 e. The molecule has 1 aromatic carbocycles. The summed E-state index contributed by atoms with van der Waals surface area (Å²) in [4.78, 5) is 25.4. The molecule has 0 amide bonds. The Morgan fingerprint density at radius 3 is 2.54 bits per heavy atom. The highest BCUT2D eigenvalue weighted by Gasteiger charge is 2.18. The van der Waals surface area contributed by atoms with Gasteiger partial charge < -0.3 is 5.32 Å². The molecular formula is C16H18ClN5O2. The Labute approximate surface area is 142 Å². The molecule has 2 heterocycles. The molecule has 0 aliphatic rings. The summed E-state index contributed by atoms with van der Waals surface area (Å²) in [7, 11) is 1.70. The number of hydrogen-bond donors (Lipinski definition) is 2. The molecule has 126 valence electrons. The maximum Gasteiger partial charge on any atom is 0.333 e. The first-order valence-electron chi connectivity index (χ1n) is 7.70. The first-order valence-corrected chi connectivity index (χ1v) is 8.08. The van der Waals surface area contributed by atoms with Gasteiger partial charge in [-0.1, -0.05) is 30.7 Å². The van der Waals surface area contributed by atoms with Gasteiger partial charge in [0.15, 0.2) is 5.65 Å². The molecular weight excluding hydrogens is 330 g/mol. The summed E-state index contributed by atoms with van der Waals surface area (Å²) in [6.07, 6.45) is 0.689. The van der Waals surface area contributed by atoms with Crippen molar-refractivity contribution in [3.8, 4) is 0 Å². The van der Waals surface area contributed by atoms with Crippen molar-refractivity contribution in [2.75, 3.05) is 12.4 Å². The second-order valence-electron chi connectivity index (χ2n) is 5.50. The van der Waals surface area contributed by atoms with Crippen molar-refractivity contribution in [2.24, 2.45) is 0 Å². The van der Waals surface area contributed by atoms with E-state index in [1.807, 2.05) is 19.1 Å². The van der Waals surface area contributed by atoms with Crippen LogP contribution in [0.15, 0.2) is 33.9 Å². The lowest BCUT2D eigenvalue weighted by Gasteiger charge is -2.11. The Morgan fingerprint density at radius 2 is 1.92 bits per heavy atom. The second kappa shape index (κ2) is 6.52. The second-order valence-corrected chi connectivity index (χ2v) is 5.94. The normalized spacial score (nSPS) is 11.1. The number of H-pyrrole nitrogens is 1. The van der Waals surface area contributed by atoms with Crippen LogP contribution in [0.25, 0.3) is 11.0 Å². The number of nitrogens with zero attached hydrogens (tertiary/aromatic N) is 3. The van der Waals surface area contributed by atoms with E-state index in [4.69, 9.17) is 11.6 Å². The smallest absolute Gasteiger partial charge is 0.333 e. The number of halogens is 1. The molecule has 8 heteroatoms. The zero-order valence-corrected chi connectivity index (χ0v) is 14.2. The molecule has 24 heavy (non-hydrogen) atoms. The van der Waals surface area contributed by atoms with Gasteiger partial charge in [0.25, 0.3) is 5.56 Å². The van der Waals surface area contributed by atoms with Crippen molar-refractivity contribution in [1.82, 2.24) is 19.3 Å². The maximum absolute atomic E-state index is 12.8. The Bertz CT molecular complexity index is 985. The number of aromatic nitrogens is 4. The van der Waals surface area contributed by atoms with Crippen LogP contribution in [0.5, 0.6) is 0 Å². The van der Waals surface area contributed by atoms with Crippen LogP contribution in [0.3, 0.4) is 0 Å². The van der Waals surface area contributed by atoms with Crippen LogP contribution >= 0.6 is 11.6 Å². The van der Waals surface area contributed by atoms with Gasteiger partial charge in [0.2, 0.25) is 0 Å². The Hall–Kier alpha value is -2.54. The number of fused-ring (bicyclic) bond motifs is 1. The van der Waals surface area contributed by atoms with Crippen LogP contribution in [-0.4, -0.2) is 26.4 Å². The minimum absolute atomic E-state index is 0.310. The number of anilines is 1. The largest absolute Gasteiger partial charge is 0.373 e. The molecule has 0 aliphatic carbocycles. The minimum atomic E-state index is -0.363. The highest BCUT2D eigenvalue weighted by atomic mass is 35.5. The molecule has 0 fully saturated rings. The first-order chi connectivity index (χ1) is 11.6. The van der Waals surface area contributed by atoms with Crippen LogP contribution in [0.2, 0.25) is 5.02 Å². The monoisotopic (exact) mass is 347 g/mol. The molecule has 0 bridgehead atoms. The first kappa shape index (κ1) is 16.3. The number of aromatic amines is 1. The lowest BCUT2D eigenvalue weighted by atomic mass is 10.2. The summed E-state index contributed by atoms with van der Waals surface area (Å²) in [5.41, 5.74) is 0.552. The predicted octanol–water partition coefficient (Wildman–Crippen LogP) is 2.04. The van der Waals surface area contributed by atoms with Gasteiger partial charge >= 0.3 is 5.69 Å². The summed E-state index contributed by atoms with van der Waals surface area (Å²) in [6.45, 7) is 2.60. The summed E-state index contributed by atoms with van der Waals surface area (Å²) in [6, 6.07) is 7.23. The molecule has 3 rings (SSSR count). The summed E-state index contributed by atoms with van der Waals surface area (Å²) >= 11 is 5.91. The average molecular weight is 348 g/mol. The van der Waals surface area contributed by atoms with E-state index in [2.05, 4.69) is 15.5 Å². The van der Waals surface area contributed by atoms with E-state index in [0.717, 1.165) is 5.56 Å². The lowest BCUT2D eigenvalue weighted by Crippen LogP contribution is -2.40. The predicted molar refractivity (Wildman–Crippen MR) is 95.0 cm³/mol. The quantitative estimate of drug-likeness (QED) is 0.739. The molecule has 0 atom stereocenters. The van der Waals surface area contributed by atoms with Crippen molar-refractivity contribution in [3.05, 3.63) is 55.7 Å². The summed E-state index contributed by atoms with van der Waals surface area (Å²) in [5, 5.41) is 10.9. The number of nitrogens with one attached hydrogen (secondary N) is 2. The number of benzene rings is 1. The molecule has 2 aromatic heterocycles. The number of hydrogen-bond acceptors (Lipinski definition) is 4. The van der Waals surface area contributed by atoms with Gasteiger partial charge in [-0.15, -0.1) is 0 Å². The van der Waals surface area contributed by atoms with Crippen molar-refractivity contribution < 1.29 is 0 Å². The van der Waals surface area contributed by atoms with Crippen LogP contribution in [-0.2, 0) is 13.1 Å². The Balaban J connectivity index is 2.25. The van der Waals surface area contributed by atoms with Gasteiger partial charge in [0.1, 0.15) is 11.2 Å². The van der Waals surface area contributed by atoms with Gasteiger partial charge in [-0.05, 0) is 24.1 Å². The molecule has 3 aromatic rings. The van der Waals surface area contributed by atoms with E-state index >= 15 is 0 Å². The fourth-order valence-electron chi connectivity index (χ4n) is 2.71. The molecule has 0 aliphatic heterocycles. The van der Waals surface area contributed by atoms with Crippen molar-refractivity contribution >= 4 is 28.5 Å². The maximum atomic E-state index is 12.8. The summed E-state index contributed by atoms with van der Waals surface area (Å²) < 4.78 is 2.77. The van der Waals surface area contributed by atoms with E-state index in [1.54, 1.807) is 19.2 Å². The fraction of sp³-hybridized carbons (Fsp3) is 0.312. The van der Waals surface area contributed by atoms with Crippen LogP contribution < -0.4 is 16.6 Å². The van der Waals surface area contributed by atoms with Crippen molar-refractivity contribution in [3.63, 3.8) is 0 Å². The van der Waals surface area contributed by atoms with Crippen molar-refractivity contribution in [2.45, 2.75) is 26.4 Å². The molecule has 0 saturated heterocycles. The third-order valence-corrected chi connectivity index (χ3v) is 4.13. The van der Waals surface area contributed by atoms with E-state index in [1.165, 1.54) is 9.13 Å². The van der Waals surface area contributed by atoms with E-state index in [9.17, 15) is 9.59 Å². The highest BCUT2D eigenvalue weighted by molar-refractivity contribution is 6.30. The lowest BCUT2D eigenvalue weighted by molar-refractivity contribution is 0.579. The van der Waals surface area contributed by atoms with Crippen LogP contribution in [0.1, 0.15) is 18.9 Å². The molecule has 0 saturated carbocycles. The fourth-order valence-corrected chi connectivity index (χ4v) is 2.83. The average Bonchev–Trinajstić information content (AvgIpc) is 3.01. The van der Waals surface area contributed by atoms with Crippen LogP contribution in [0, 0.1) is 0 Å². The van der Waals surface area contributed by atoms with Gasteiger partial charge in [-0.25, -0.2) is 4.79 Å². The molecule has 7 nitrogen and oxygen atoms in total. The van der Waals surface area contributed by atoms with Gasteiger partial charge in [0, 0.05) is 18.6 Å². The standard InChI is InChI=1S/C16H18ClN5O2/c1-3-8-21-15(23)12-13(18-2)19-20-14(12)22(16(21)24)9-10-4-6-11(17)7-5-10/h4-7H,3,8-9H2,1-2H3,(H2,18,19,20). The van der Waals surface area contributed by atoms with E-state index < -0.39 is 0 Å². The SMILES string of the molecule is CCCn1c(=O)c2c(NC)[nH]nc2n(Cc2ccc(Cl)cc2)c1=O. The van der Waals surface area contributed by atoms with E-state index in [0.29, 0.717) is 41.4 Å². The highest BCUT2D eigenvalue weighted by Crippen LogP contribution is 2.16. The molecule has 0 unspecified atom stereocenters. The third-order valence-electron chi connectivity index (χ3n) is 3.87. The Morgan fingerprint density at radius 1 is 1.21 bits per heavy atom. The van der Waals surface area contributed by atoms with Gasteiger partial charge in [-0.2, -0.15) is 5.10 Å². The molecule has 2 N–H and O–H groups in total. The van der Waals surface area contributed by atoms with Crippen LogP contribution in [0.4, 0.5) is 5.82 Å². The zero-order chi connectivity index (χ0) is 17.3. The molecule has 0 spiro atoms. The number of rotatable bonds is 5. The van der Waals surface area contributed by atoms with E-state index in [-0.39, 0.29) is 11.2 Å². The molecule has 0 radical (unpaired) electrons. The van der Waals surface area contributed by atoms with Gasteiger partial charge in [-0.3, -0.25) is 19.0 Å². The summed E-state index contributed by atoms with van der Waals surface area (Å²) in [5.74, 6) is 0.504. The Kier molecular flexibility index (Phi) is 4.44. The van der Waals surface area contributed by atoms with Gasteiger partial charge in [0.05, 0.1) is 6.54 Å². The zero-order valence-electron chi connectivity index (χ0n) is 13.5.